The van der Waals surface area contributed by atoms with E-state index in [1.807, 2.05) is 19.1 Å². The number of furan rings is 1. The van der Waals surface area contributed by atoms with Gasteiger partial charge in [0.2, 0.25) is 0 Å². The van der Waals surface area contributed by atoms with Gasteiger partial charge in [0.15, 0.2) is 17.1 Å². The fourth-order valence-corrected chi connectivity index (χ4v) is 3.60. The summed E-state index contributed by atoms with van der Waals surface area (Å²) in [6.07, 6.45) is 0. The number of benzene rings is 2. The molecule has 0 radical (unpaired) electrons. The van der Waals surface area contributed by atoms with E-state index in [0.717, 1.165) is 16.5 Å². The molecule has 7 heteroatoms. The monoisotopic (exact) mass is 382 g/mol. The van der Waals surface area contributed by atoms with Crippen molar-refractivity contribution in [1.29, 1.82) is 0 Å². The van der Waals surface area contributed by atoms with Crippen LogP contribution in [0, 0.1) is 12.7 Å². The number of nitrogens with one attached hydrogen (secondary N) is 1. The minimum atomic E-state index is -0.377. The van der Waals surface area contributed by atoms with Crippen molar-refractivity contribution in [3.8, 4) is 17.0 Å². The third-order valence-corrected chi connectivity index (χ3v) is 5.01. The number of halogens is 1. The molecular formula is C20H15FN2O3S. The van der Waals surface area contributed by atoms with Gasteiger partial charge in [-0.25, -0.2) is 9.37 Å². The molecule has 4 rings (SSSR count). The highest BCUT2D eigenvalue weighted by Gasteiger charge is 2.21. The molecule has 0 bridgehead atoms. The van der Waals surface area contributed by atoms with Crippen molar-refractivity contribution in [2.45, 2.75) is 6.92 Å². The lowest BCUT2D eigenvalue weighted by molar-refractivity contribution is 0.0998. The lowest BCUT2D eigenvalue weighted by Crippen LogP contribution is -2.11. The molecule has 0 unspecified atom stereocenters. The lowest BCUT2D eigenvalue weighted by atomic mass is 10.1. The number of hydrogen-bond donors (Lipinski definition) is 1. The van der Waals surface area contributed by atoms with Gasteiger partial charge in [0.25, 0.3) is 5.91 Å². The number of aryl methyl sites for hydroxylation is 1. The standard InChI is InChI=1S/C20H15FN2O3S/c1-11-14-4-3-5-15(25-2)18(14)26-17(11)19(24)23-20-16(22-10-27-20)12-6-8-13(21)9-7-12/h3-10H,1-2H3,(H,23,24). The number of nitrogens with zero attached hydrogens (tertiary/aromatic N) is 1. The number of aromatic nitrogens is 1. The van der Waals surface area contributed by atoms with Gasteiger partial charge >= 0.3 is 0 Å². The van der Waals surface area contributed by atoms with E-state index in [4.69, 9.17) is 9.15 Å². The fourth-order valence-electron chi connectivity index (χ4n) is 2.90. The number of carbonyl (C=O) groups excluding carboxylic acids is 1. The number of carbonyl (C=O) groups is 1. The van der Waals surface area contributed by atoms with E-state index in [1.54, 1.807) is 30.8 Å². The van der Waals surface area contributed by atoms with E-state index < -0.39 is 0 Å². The molecule has 1 amide bonds. The van der Waals surface area contributed by atoms with Gasteiger partial charge in [-0.3, -0.25) is 4.79 Å². The van der Waals surface area contributed by atoms with Gasteiger partial charge in [0, 0.05) is 16.5 Å². The van der Waals surface area contributed by atoms with Crippen molar-refractivity contribution >= 4 is 33.2 Å². The van der Waals surface area contributed by atoms with Crippen LogP contribution in [0.1, 0.15) is 16.1 Å². The van der Waals surface area contributed by atoms with Gasteiger partial charge in [-0.2, -0.15) is 0 Å². The van der Waals surface area contributed by atoms with Crippen LogP contribution in [0.5, 0.6) is 5.75 Å². The number of fused-ring (bicyclic) bond motifs is 1. The molecule has 0 fully saturated rings. The summed E-state index contributed by atoms with van der Waals surface area (Å²) >= 11 is 1.29. The third-order valence-electron chi connectivity index (χ3n) is 4.27. The number of anilines is 1. The number of rotatable bonds is 4. The Hall–Kier alpha value is -3.19. The highest BCUT2D eigenvalue weighted by Crippen LogP contribution is 2.34. The van der Waals surface area contributed by atoms with Crippen LogP contribution in [0.15, 0.2) is 52.4 Å². The van der Waals surface area contributed by atoms with Gasteiger partial charge < -0.3 is 14.5 Å². The van der Waals surface area contributed by atoms with Crippen LogP contribution >= 0.6 is 11.3 Å². The zero-order valence-electron chi connectivity index (χ0n) is 14.6. The van der Waals surface area contributed by atoms with Crippen molar-refractivity contribution < 1.29 is 18.3 Å². The molecule has 0 aliphatic rings. The molecule has 0 atom stereocenters. The van der Waals surface area contributed by atoms with Crippen LogP contribution in [0.2, 0.25) is 0 Å². The lowest BCUT2D eigenvalue weighted by Gasteiger charge is -2.04. The Bertz CT molecular complexity index is 1130. The summed E-state index contributed by atoms with van der Waals surface area (Å²) in [5.74, 6) is 0.0807. The zero-order valence-corrected chi connectivity index (χ0v) is 15.4. The number of para-hydroxylation sites is 1. The Balaban J connectivity index is 1.68. The topological polar surface area (TPSA) is 64.4 Å². The summed E-state index contributed by atoms with van der Waals surface area (Å²) in [7, 11) is 1.55. The van der Waals surface area contributed by atoms with Crippen molar-refractivity contribution in [3.63, 3.8) is 0 Å². The quantitative estimate of drug-likeness (QED) is 0.523. The van der Waals surface area contributed by atoms with Crippen LogP contribution in [-0.2, 0) is 0 Å². The van der Waals surface area contributed by atoms with E-state index >= 15 is 0 Å². The Morgan fingerprint density at radius 3 is 2.74 bits per heavy atom. The van der Waals surface area contributed by atoms with Gasteiger partial charge in [0.1, 0.15) is 16.5 Å². The first-order valence-corrected chi connectivity index (χ1v) is 9.03. The number of hydrogen-bond acceptors (Lipinski definition) is 5. The summed E-state index contributed by atoms with van der Waals surface area (Å²) in [5, 5.41) is 4.24. The van der Waals surface area contributed by atoms with Crippen LogP contribution in [0.4, 0.5) is 9.39 Å². The van der Waals surface area contributed by atoms with E-state index in [2.05, 4.69) is 10.3 Å². The van der Waals surface area contributed by atoms with Gasteiger partial charge in [-0.1, -0.05) is 12.1 Å². The van der Waals surface area contributed by atoms with Crippen molar-refractivity contribution in [3.05, 3.63) is 65.1 Å². The molecular weight excluding hydrogens is 367 g/mol. The smallest absolute Gasteiger partial charge is 0.292 e. The van der Waals surface area contributed by atoms with Crippen LogP contribution < -0.4 is 10.1 Å². The molecule has 5 nitrogen and oxygen atoms in total. The first-order valence-electron chi connectivity index (χ1n) is 8.15. The van der Waals surface area contributed by atoms with Gasteiger partial charge in [-0.15, -0.1) is 11.3 Å². The third kappa shape index (κ3) is 3.06. The zero-order chi connectivity index (χ0) is 19.0. The first-order chi connectivity index (χ1) is 13.1. The molecule has 0 saturated heterocycles. The SMILES string of the molecule is COc1cccc2c(C)c(C(=O)Nc3scnc3-c3ccc(F)cc3)oc12. The maximum absolute atomic E-state index is 13.2. The summed E-state index contributed by atoms with van der Waals surface area (Å²) in [6, 6.07) is 11.5. The fraction of sp³-hybridized carbons (Fsp3) is 0.100. The second-order valence-corrected chi connectivity index (χ2v) is 6.74. The molecule has 1 N–H and O–H groups in total. The number of ether oxygens (including phenoxy) is 1. The maximum atomic E-state index is 13.2. The van der Waals surface area contributed by atoms with Crippen molar-refractivity contribution in [2.75, 3.05) is 12.4 Å². The van der Waals surface area contributed by atoms with E-state index in [9.17, 15) is 9.18 Å². The molecule has 4 aromatic rings. The molecule has 0 aliphatic heterocycles. The largest absolute Gasteiger partial charge is 0.493 e. The van der Waals surface area contributed by atoms with Gasteiger partial charge in [-0.05, 0) is 37.3 Å². The number of thiazole rings is 1. The molecule has 2 aromatic heterocycles. The Morgan fingerprint density at radius 2 is 2.00 bits per heavy atom. The number of amides is 1. The van der Waals surface area contributed by atoms with E-state index in [0.29, 0.717) is 22.0 Å². The predicted molar refractivity (Wildman–Crippen MR) is 103 cm³/mol. The normalized spacial score (nSPS) is 10.9. The average molecular weight is 382 g/mol. The molecule has 27 heavy (non-hydrogen) atoms. The Labute approximate surface area is 158 Å². The van der Waals surface area contributed by atoms with Crippen molar-refractivity contribution in [1.82, 2.24) is 4.98 Å². The molecule has 2 heterocycles. The molecule has 136 valence electrons. The van der Waals surface area contributed by atoms with Crippen LogP contribution in [-0.4, -0.2) is 18.0 Å². The summed E-state index contributed by atoms with van der Waals surface area (Å²) < 4.78 is 24.3. The highest BCUT2D eigenvalue weighted by molar-refractivity contribution is 7.14. The average Bonchev–Trinajstić information content (AvgIpc) is 3.27. The second-order valence-electron chi connectivity index (χ2n) is 5.88. The minimum absolute atomic E-state index is 0.216. The summed E-state index contributed by atoms with van der Waals surface area (Å²) in [5.41, 5.74) is 4.19. The van der Waals surface area contributed by atoms with E-state index in [1.165, 1.54) is 23.5 Å². The maximum Gasteiger partial charge on any atom is 0.292 e. The minimum Gasteiger partial charge on any atom is -0.493 e. The number of methoxy groups -OCH3 is 1. The molecule has 0 spiro atoms. The summed E-state index contributed by atoms with van der Waals surface area (Å²) in [6.45, 7) is 1.83. The Morgan fingerprint density at radius 1 is 1.22 bits per heavy atom. The van der Waals surface area contributed by atoms with Crippen LogP contribution in [0.3, 0.4) is 0 Å². The predicted octanol–water partition coefficient (Wildman–Crippen LogP) is 5.26. The summed E-state index contributed by atoms with van der Waals surface area (Å²) in [4.78, 5) is 17.1. The molecule has 2 aromatic carbocycles. The highest BCUT2D eigenvalue weighted by atomic mass is 32.1. The van der Waals surface area contributed by atoms with Crippen molar-refractivity contribution in [2.24, 2.45) is 0 Å². The molecule has 0 saturated carbocycles. The van der Waals surface area contributed by atoms with Gasteiger partial charge in [0.05, 0.1) is 12.6 Å². The Kier molecular flexibility index (Phi) is 4.37. The van der Waals surface area contributed by atoms with Crippen LogP contribution in [0.25, 0.3) is 22.2 Å². The van der Waals surface area contributed by atoms with E-state index in [-0.39, 0.29) is 17.5 Å². The second kappa shape index (κ2) is 6.85. The first kappa shape index (κ1) is 17.2. The molecule has 0 aliphatic carbocycles.